The molecule has 0 aromatic heterocycles. The highest BCUT2D eigenvalue weighted by Gasteiger charge is 1.91. The Morgan fingerprint density at radius 3 is 2.50 bits per heavy atom. The van der Waals surface area contributed by atoms with Crippen LogP contribution in [-0.2, 0) is 0 Å². The lowest BCUT2D eigenvalue weighted by Crippen LogP contribution is -1.84. The molecule has 2 heteroatoms. The van der Waals surface area contributed by atoms with Crippen LogP contribution in [-0.4, -0.2) is 4.20 Å². The minimum Gasteiger partial charge on any atom is -0.131 e. The maximum Gasteiger partial charge on any atom is 0.0747 e. The molecule has 0 amide bonds. The number of allylic oxidation sites excluding steroid dienone is 4. The molecule has 0 aromatic rings. The van der Waals surface area contributed by atoms with Crippen molar-refractivity contribution in [1.29, 1.82) is 0 Å². The molecular weight excluding hydrogens is 160 g/mol. The Morgan fingerprint density at radius 2 is 2.20 bits per heavy atom. The summed E-state index contributed by atoms with van der Waals surface area (Å²) in [5, 5.41) is 0. The molecule has 0 aliphatic heterocycles. The molecule has 0 radical (unpaired) electrons. The lowest BCUT2D eigenvalue weighted by atomic mass is 10.2. The molecule has 0 saturated carbocycles. The second-order valence-electron chi connectivity index (χ2n) is 1.66. The fourth-order valence-corrected chi connectivity index (χ4v) is 0.790. The van der Waals surface area contributed by atoms with E-state index in [4.69, 9.17) is 12.2 Å². The summed E-state index contributed by atoms with van der Waals surface area (Å²) >= 11 is 8.87. The highest BCUT2D eigenvalue weighted by Crippen LogP contribution is 2.04. The smallest absolute Gasteiger partial charge is 0.0747 e. The van der Waals surface area contributed by atoms with E-state index in [-0.39, 0.29) is 0 Å². The van der Waals surface area contributed by atoms with Crippen molar-refractivity contribution in [2.24, 2.45) is 0 Å². The molecule has 0 aromatic carbocycles. The van der Waals surface area contributed by atoms with Crippen LogP contribution in [0.25, 0.3) is 0 Å². The SMILES string of the molecule is C=C/C=C(\C=C/C)C(=S)S. The van der Waals surface area contributed by atoms with Gasteiger partial charge in [0.15, 0.2) is 0 Å². The highest BCUT2D eigenvalue weighted by molar-refractivity contribution is 8.11. The Morgan fingerprint density at radius 1 is 1.60 bits per heavy atom. The second kappa shape index (κ2) is 5.45. The van der Waals surface area contributed by atoms with Gasteiger partial charge in [0.25, 0.3) is 0 Å². The summed E-state index contributed by atoms with van der Waals surface area (Å²) in [7, 11) is 0. The van der Waals surface area contributed by atoms with Crippen molar-refractivity contribution in [2.75, 3.05) is 0 Å². The Kier molecular flexibility index (Phi) is 5.26. The first kappa shape index (κ1) is 9.66. The lowest BCUT2D eigenvalue weighted by molar-refractivity contribution is 1.70. The zero-order chi connectivity index (χ0) is 7.98. The van der Waals surface area contributed by atoms with Gasteiger partial charge in [-0.15, -0.1) is 12.6 Å². The van der Waals surface area contributed by atoms with Crippen LogP contribution in [0.2, 0.25) is 0 Å². The lowest BCUT2D eigenvalue weighted by Gasteiger charge is -1.93. The number of hydrogen-bond acceptors (Lipinski definition) is 1. The fourth-order valence-electron chi connectivity index (χ4n) is 0.505. The minimum atomic E-state index is 0.595. The monoisotopic (exact) mass is 170 g/mol. The van der Waals surface area contributed by atoms with Gasteiger partial charge in [0.1, 0.15) is 0 Å². The second-order valence-corrected chi connectivity index (χ2v) is 2.82. The van der Waals surface area contributed by atoms with E-state index in [2.05, 4.69) is 19.2 Å². The highest BCUT2D eigenvalue weighted by atomic mass is 32.1. The molecule has 54 valence electrons. The molecule has 0 bridgehead atoms. The third-order valence-corrected chi connectivity index (χ3v) is 1.38. The molecule has 0 fully saturated rings. The maximum atomic E-state index is 4.84. The van der Waals surface area contributed by atoms with Crippen molar-refractivity contribution >= 4 is 29.0 Å². The topological polar surface area (TPSA) is 0 Å². The largest absolute Gasteiger partial charge is 0.131 e. The van der Waals surface area contributed by atoms with Gasteiger partial charge in [-0.05, 0) is 12.5 Å². The third-order valence-electron chi connectivity index (χ3n) is 0.891. The van der Waals surface area contributed by atoms with E-state index in [1.165, 1.54) is 0 Å². The molecule has 0 heterocycles. The molecule has 0 N–H and O–H groups in total. The summed E-state index contributed by atoms with van der Waals surface area (Å²) in [5.41, 5.74) is 0.927. The normalized spacial score (nSPS) is 12.0. The minimum absolute atomic E-state index is 0.595. The molecule has 0 saturated heterocycles. The van der Waals surface area contributed by atoms with Gasteiger partial charge in [0, 0.05) is 0 Å². The molecule has 10 heavy (non-hydrogen) atoms. The van der Waals surface area contributed by atoms with E-state index in [9.17, 15) is 0 Å². The number of hydrogen-bond donors (Lipinski definition) is 1. The predicted octanol–water partition coefficient (Wildman–Crippen LogP) is 2.93. The zero-order valence-corrected chi connectivity index (χ0v) is 7.58. The van der Waals surface area contributed by atoms with Crippen molar-refractivity contribution in [2.45, 2.75) is 6.92 Å². The van der Waals surface area contributed by atoms with Gasteiger partial charge in [-0.3, -0.25) is 0 Å². The van der Waals surface area contributed by atoms with E-state index < -0.39 is 0 Å². The molecule has 0 unspecified atom stereocenters. The summed E-state index contributed by atoms with van der Waals surface area (Å²) in [6.07, 6.45) is 7.34. The Bertz CT molecular complexity index is 187. The van der Waals surface area contributed by atoms with Gasteiger partial charge in [0.05, 0.1) is 4.20 Å². The van der Waals surface area contributed by atoms with Crippen LogP contribution in [0.3, 0.4) is 0 Å². The van der Waals surface area contributed by atoms with Gasteiger partial charge in [0.2, 0.25) is 0 Å². The van der Waals surface area contributed by atoms with Gasteiger partial charge >= 0.3 is 0 Å². The summed E-state index contributed by atoms with van der Waals surface area (Å²) < 4.78 is 0.595. The Labute approximate surface area is 72.7 Å². The zero-order valence-electron chi connectivity index (χ0n) is 5.87. The number of rotatable bonds is 3. The molecule has 0 atom stereocenters. The first-order valence-corrected chi connectivity index (χ1v) is 3.76. The van der Waals surface area contributed by atoms with Crippen molar-refractivity contribution in [3.8, 4) is 0 Å². The standard InChI is InChI=1S/C8H10S2/c1-3-5-7(6-4-2)8(9)10/h3-6H,1H2,2H3,(H,9,10)/b6-4-,7-5+. The average molecular weight is 170 g/mol. The van der Waals surface area contributed by atoms with E-state index in [1.807, 2.05) is 25.2 Å². The maximum absolute atomic E-state index is 4.84. The van der Waals surface area contributed by atoms with Crippen LogP contribution in [0.4, 0.5) is 0 Å². The van der Waals surface area contributed by atoms with E-state index in [0.717, 1.165) is 5.57 Å². The van der Waals surface area contributed by atoms with Crippen LogP contribution >= 0.6 is 24.8 Å². The van der Waals surface area contributed by atoms with Gasteiger partial charge < -0.3 is 0 Å². The first-order valence-electron chi connectivity index (χ1n) is 2.91. The van der Waals surface area contributed by atoms with Gasteiger partial charge in [-0.2, -0.15) is 0 Å². The quantitative estimate of drug-likeness (QED) is 0.294. The fraction of sp³-hybridized carbons (Fsp3) is 0.125. The number of thiocarbonyl (C=S) groups is 1. The molecule has 0 spiro atoms. The van der Waals surface area contributed by atoms with Crippen LogP contribution in [0.15, 0.2) is 36.5 Å². The number of thiol groups is 1. The van der Waals surface area contributed by atoms with Crippen LogP contribution < -0.4 is 0 Å². The summed E-state index contributed by atoms with van der Waals surface area (Å²) in [4.78, 5) is 0. The van der Waals surface area contributed by atoms with Gasteiger partial charge in [-0.25, -0.2) is 0 Å². The van der Waals surface area contributed by atoms with Crippen LogP contribution in [0.5, 0.6) is 0 Å². The molecular formula is C8H10S2. The van der Waals surface area contributed by atoms with Crippen LogP contribution in [0.1, 0.15) is 6.92 Å². The predicted molar refractivity (Wildman–Crippen MR) is 54.7 cm³/mol. The molecule has 0 aliphatic rings. The first-order chi connectivity index (χ1) is 4.72. The van der Waals surface area contributed by atoms with Crippen LogP contribution in [0, 0.1) is 0 Å². The third kappa shape index (κ3) is 3.64. The van der Waals surface area contributed by atoms with Crippen molar-refractivity contribution in [3.05, 3.63) is 36.5 Å². The molecule has 0 rings (SSSR count). The summed E-state index contributed by atoms with van der Waals surface area (Å²) in [6, 6.07) is 0. The van der Waals surface area contributed by atoms with E-state index >= 15 is 0 Å². The Hall–Kier alpha value is -0.340. The van der Waals surface area contributed by atoms with E-state index in [0.29, 0.717) is 4.20 Å². The summed E-state index contributed by atoms with van der Waals surface area (Å²) in [5.74, 6) is 0. The summed E-state index contributed by atoms with van der Waals surface area (Å²) in [6.45, 7) is 5.49. The van der Waals surface area contributed by atoms with Crippen molar-refractivity contribution in [3.63, 3.8) is 0 Å². The Balaban J connectivity index is 4.41. The van der Waals surface area contributed by atoms with Gasteiger partial charge in [-0.1, -0.05) is 43.1 Å². The van der Waals surface area contributed by atoms with Crippen molar-refractivity contribution in [1.82, 2.24) is 0 Å². The molecule has 0 aliphatic carbocycles. The average Bonchev–Trinajstić information content (AvgIpc) is 1.87. The van der Waals surface area contributed by atoms with Crippen molar-refractivity contribution < 1.29 is 0 Å². The molecule has 0 nitrogen and oxygen atoms in total. The van der Waals surface area contributed by atoms with E-state index in [1.54, 1.807) is 6.08 Å².